The van der Waals surface area contributed by atoms with Crippen LogP contribution in [0, 0.1) is 0 Å². The molecule has 9 nitrogen and oxygen atoms in total. The molecule has 0 aromatic heterocycles. The Hall–Kier alpha value is -2.69. The van der Waals surface area contributed by atoms with Crippen LogP contribution in [0.1, 0.15) is 122 Å². The molecule has 4 rings (SSSR count). The van der Waals surface area contributed by atoms with Crippen molar-refractivity contribution >= 4 is 5.91 Å². The van der Waals surface area contributed by atoms with Crippen molar-refractivity contribution in [2.45, 2.75) is 161 Å². The number of aliphatic hydroxyl groups excluding tert-OH is 1. The highest BCUT2D eigenvalue weighted by atomic mass is 16.8. The number of hydrogen-bond donors (Lipinski definition) is 2. The first kappa shape index (κ1) is 40.1. The second kappa shape index (κ2) is 21.6. The minimum atomic E-state index is -1.05. The summed E-state index contributed by atoms with van der Waals surface area (Å²) in [5.41, 5.74) is 1.95. The van der Waals surface area contributed by atoms with Crippen molar-refractivity contribution in [1.29, 1.82) is 0 Å². The van der Waals surface area contributed by atoms with Gasteiger partial charge in [-0.15, -0.1) is 0 Å². The number of aliphatic hydroxyl groups is 1. The van der Waals surface area contributed by atoms with Crippen molar-refractivity contribution in [2.24, 2.45) is 0 Å². The number of fused-ring (bicyclic) bond motifs is 1. The first-order chi connectivity index (χ1) is 24.3. The molecule has 2 saturated heterocycles. The highest BCUT2D eigenvalue weighted by Gasteiger charge is 2.51. The molecule has 2 aliphatic heterocycles. The number of benzene rings is 2. The van der Waals surface area contributed by atoms with E-state index in [1.807, 2.05) is 48.5 Å². The zero-order chi connectivity index (χ0) is 35.6. The van der Waals surface area contributed by atoms with Gasteiger partial charge in [-0.2, -0.15) is 0 Å². The van der Waals surface area contributed by atoms with Crippen molar-refractivity contribution in [2.75, 3.05) is 19.8 Å². The van der Waals surface area contributed by atoms with E-state index in [9.17, 15) is 9.90 Å². The molecule has 2 aromatic carbocycles. The van der Waals surface area contributed by atoms with Gasteiger partial charge >= 0.3 is 0 Å². The summed E-state index contributed by atoms with van der Waals surface area (Å²) in [6, 6.07) is 14.9. The second-order valence-electron chi connectivity index (χ2n) is 14.2. The van der Waals surface area contributed by atoms with Crippen molar-refractivity contribution in [3.05, 3.63) is 59.7 Å². The van der Waals surface area contributed by atoms with Crippen molar-refractivity contribution in [3.63, 3.8) is 0 Å². The Morgan fingerprint density at radius 3 is 2.16 bits per heavy atom. The van der Waals surface area contributed by atoms with Crippen LogP contribution in [0.15, 0.2) is 48.5 Å². The van der Waals surface area contributed by atoms with E-state index in [-0.39, 0.29) is 25.5 Å². The third-order valence-corrected chi connectivity index (χ3v) is 9.43. The van der Waals surface area contributed by atoms with Crippen LogP contribution < -0.4 is 14.8 Å². The molecular formula is C41H63NO8. The molecule has 2 aromatic rings. The Bertz CT molecular complexity index is 1240. The van der Waals surface area contributed by atoms with E-state index < -0.39 is 36.4 Å². The molecule has 2 fully saturated rings. The van der Waals surface area contributed by atoms with Gasteiger partial charge in [0.25, 0.3) is 0 Å². The number of nitrogens with one attached hydrogen (secondary N) is 1. The van der Waals surface area contributed by atoms with E-state index in [0.29, 0.717) is 19.6 Å². The lowest BCUT2D eigenvalue weighted by atomic mass is 9.95. The third kappa shape index (κ3) is 13.5. The van der Waals surface area contributed by atoms with E-state index in [1.54, 1.807) is 13.8 Å². The molecule has 0 radical (unpaired) electrons. The van der Waals surface area contributed by atoms with Gasteiger partial charge in [0.15, 0.2) is 23.6 Å². The molecule has 0 bridgehead atoms. The number of aryl methyl sites for hydroxylation is 1. The van der Waals surface area contributed by atoms with E-state index in [2.05, 4.69) is 19.2 Å². The van der Waals surface area contributed by atoms with Gasteiger partial charge < -0.3 is 38.8 Å². The molecule has 1 amide bonds. The number of hydrogen-bond acceptors (Lipinski definition) is 8. The number of amides is 1. The molecule has 5 atom stereocenters. The third-order valence-electron chi connectivity index (χ3n) is 9.43. The van der Waals surface area contributed by atoms with Crippen LogP contribution in [-0.4, -0.2) is 67.3 Å². The fourth-order valence-electron chi connectivity index (χ4n) is 6.48. The zero-order valence-corrected chi connectivity index (χ0v) is 31.0. The number of carbonyl (C=O) groups is 1. The fraction of sp³-hybridized carbons (Fsp3) is 0.683. The summed E-state index contributed by atoms with van der Waals surface area (Å²) in [7, 11) is 0. The summed E-state index contributed by atoms with van der Waals surface area (Å²) in [5, 5.41) is 14.5. The lowest BCUT2D eigenvalue weighted by molar-refractivity contribution is -0.369. The maximum atomic E-state index is 13.4. The molecule has 50 heavy (non-hydrogen) atoms. The van der Waals surface area contributed by atoms with Crippen molar-refractivity contribution in [3.8, 4) is 11.5 Å². The molecule has 0 spiro atoms. The van der Waals surface area contributed by atoms with Crippen molar-refractivity contribution in [1.82, 2.24) is 5.32 Å². The average Bonchev–Trinajstić information content (AvgIpc) is 3.11. The zero-order valence-electron chi connectivity index (χ0n) is 31.0. The number of carbonyl (C=O) groups excluding carboxylic acids is 1. The smallest absolute Gasteiger partial charge is 0.220 e. The van der Waals surface area contributed by atoms with Gasteiger partial charge in [-0.05, 0) is 56.4 Å². The number of rotatable bonds is 23. The molecule has 2 aliphatic rings. The minimum Gasteiger partial charge on any atom is -0.490 e. The van der Waals surface area contributed by atoms with E-state index >= 15 is 0 Å². The number of ether oxygens (including phenoxy) is 6. The fourth-order valence-corrected chi connectivity index (χ4v) is 6.48. The Labute approximate surface area is 300 Å². The summed E-state index contributed by atoms with van der Waals surface area (Å²) in [6.07, 6.45) is 12.0. The van der Waals surface area contributed by atoms with E-state index in [4.69, 9.17) is 28.4 Å². The predicted molar refractivity (Wildman–Crippen MR) is 195 cm³/mol. The molecule has 0 aliphatic carbocycles. The monoisotopic (exact) mass is 697 g/mol. The summed E-state index contributed by atoms with van der Waals surface area (Å²) in [6.45, 7) is 9.89. The van der Waals surface area contributed by atoms with Gasteiger partial charge in [0.1, 0.15) is 24.4 Å². The molecule has 9 heteroatoms. The molecule has 2 N–H and O–H groups in total. The second-order valence-corrected chi connectivity index (χ2v) is 14.2. The summed E-state index contributed by atoms with van der Waals surface area (Å²) in [5.74, 6) is 0.399. The van der Waals surface area contributed by atoms with Gasteiger partial charge in [-0.3, -0.25) is 4.79 Å². The quantitative estimate of drug-likeness (QED) is 0.113. The van der Waals surface area contributed by atoms with Gasteiger partial charge in [0.05, 0.1) is 26.4 Å². The van der Waals surface area contributed by atoms with Crippen LogP contribution in [0.4, 0.5) is 0 Å². The van der Waals surface area contributed by atoms with Gasteiger partial charge in [-0.25, -0.2) is 0 Å². The lowest BCUT2D eigenvalue weighted by Gasteiger charge is -2.49. The van der Waals surface area contributed by atoms with Crippen molar-refractivity contribution < 1.29 is 38.3 Å². The van der Waals surface area contributed by atoms with Crippen LogP contribution in [-0.2, 0) is 36.8 Å². The van der Waals surface area contributed by atoms with Crippen LogP contribution in [0.25, 0.3) is 0 Å². The summed E-state index contributed by atoms with van der Waals surface area (Å²) < 4.78 is 36.7. The Balaban J connectivity index is 1.35. The number of unbranched alkanes of at least 4 members (excludes halogenated alkanes) is 10. The largest absolute Gasteiger partial charge is 0.490 e. The minimum absolute atomic E-state index is 0.214. The lowest BCUT2D eigenvalue weighted by Crippen LogP contribution is -2.68. The van der Waals surface area contributed by atoms with Crippen LogP contribution >= 0.6 is 0 Å². The van der Waals surface area contributed by atoms with E-state index in [0.717, 1.165) is 41.9 Å². The van der Waals surface area contributed by atoms with Gasteiger partial charge in [-0.1, -0.05) is 114 Å². The van der Waals surface area contributed by atoms with Crippen LogP contribution in [0.2, 0.25) is 0 Å². The molecule has 280 valence electrons. The Kier molecular flexibility index (Phi) is 17.3. The molecule has 0 unspecified atom stereocenters. The SMILES string of the molecule is CCCCCCCCOc1ccc(CCC(=O)N[C@H]2[C@H](OCc3ccccc3)O[C@@H]3COC(C)(C)O[C@H]3[C@@H]2O)cc1OCCCCCCCC. The molecule has 2 heterocycles. The Morgan fingerprint density at radius 2 is 1.48 bits per heavy atom. The topological polar surface area (TPSA) is 105 Å². The maximum absolute atomic E-state index is 13.4. The Morgan fingerprint density at radius 1 is 0.840 bits per heavy atom. The highest BCUT2D eigenvalue weighted by Crippen LogP contribution is 2.34. The predicted octanol–water partition coefficient (Wildman–Crippen LogP) is 8.04. The van der Waals surface area contributed by atoms with Gasteiger partial charge in [0.2, 0.25) is 5.91 Å². The average molecular weight is 698 g/mol. The maximum Gasteiger partial charge on any atom is 0.220 e. The highest BCUT2D eigenvalue weighted by molar-refractivity contribution is 5.76. The first-order valence-corrected chi connectivity index (χ1v) is 19.3. The van der Waals surface area contributed by atoms with E-state index in [1.165, 1.54) is 57.8 Å². The normalized spacial score (nSPS) is 22.9. The molecule has 0 saturated carbocycles. The van der Waals surface area contributed by atoms with Gasteiger partial charge in [0, 0.05) is 6.42 Å². The van der Waals surface area contributed by atoms with Crippen LogP contribution in [0.3, 0.4) is 0 Å². The molecular weight excluding hydrogens is 634 g/mol. The summed E-state index contributed by atoms with van der Waals surface area (Å²) in [4.78, 5) is 13.4. The summed E-state index contributed by atoms with van der Waals surface area (Å²) >= 11 is 0. The van der Waals surface area contributed by atoms with Crippen LogP contribution in [0.5, 0.6) is 11.5 Å². The standard InChI is InChI=1S/C41H63NO8/c1-5-7-9-11-13-18-26-45-33-24-22-31(28-34(33)46-27-19-14-12-10-8-6-2)23-25-36(43)42-37-38(44)39-35(30-48-41(3,4)50-39)49-40(37)47-29-32-20-16-15-17-21-32/h15-17,20-22,24,28,35,37-40,44H,5-14,18-19,23,25-27,29-30H2,1-4H3,(H,42,43)/t35-,37-,38-,39-,40-/m1/s1. The first-order valence-electron chi connectivity index (χ1n) is 19.3.